The summed E-state index contributed by atoms with van der Waals surface area (Å²) >= 11 is 0. The normalized spacial score (nSPS) is 23.7. The molecule has 1 saturated heterocycles. The van der Waals surface area contributed by atoms with E-state index in [1.807, 2.05) is 0 Å². The molecule has 2 unspecified atom stereocenters. The van der Waals surface area contributed by atoms with Gasteiger partial charge in [-0.15, -0.1) is 0 Å². The van der Waals surface area contributed by atoms with Crippen LogP contribution in [0.3, 0.4) is 0 Å². The first-order valence-corrected chi connectivity index (χ1v) is 7.55. The highest BCUT2D eigenvalue weighted by molar-refractivity contribution is 5.51. The highest BCUT2D eigenvalue weighted by atomic mass is 16.5. The minimum absolute atomic E-state index is 0.0873. The zero-order valence-corrected chi connectivity index (χ0v) is 13.4. The molecule has 0 bridgehead atoms. The Balaban J connectivity index is 2.19. The summed E-state index contributed by atoms with van der Waals surface area (Å²) in [5.41, 5.74) is 9.79. The molecule has 0 aliphatic carbocycles. The predicted octanol–water partition coefficient (Wildman–Crippen LogP) is 2.89. The molecule has 0 radical (unpaired) electrons. The monoisotopic (exact) mass is 276 g/mol. The maximum atomic E-state index is 5.97. The zero-order chi connectivity index (χ0) is 14.9. The Hall–Kier alpha value is -1.06. The van der Waals surface area contributed by atoms with Crippen molar-refractivity contribution >= 4 is 5.69 Å². The first kappa shape index (κ1) is 15.3. The summed E-state index contributed by atoms with van der Waals surface area (Å²) in [5.74, 6) is 0. The van der Waals surface area contributed by atoms with Gasteiger partial charge in [-0.05, 0) is 64.3 Å². The number of rotatable bonds is 3. The van der Waals surface area contributed by atoms with Crippen molar-refractivity contribution in [1.29, 1.82) is 0 Å². The highest BCUT2D eigenvalue weighted by Crippen LogP contribution is 2.27. The molecule has 0 spiro atoms. The smallest absolute Gasteiger partial charge is 0.0805 e. The van der Waals surface area contributed by atoms with Gasteiger partial charge < -0.3 is 15.4 Å². The zero-order valence-electron chi connectivity index (χ0n) is 13.4. The Morgan fingerprint density at radius 2 is 2.15 bits per heavy atom. The SMILES string of the molecule is Cc1cc(N2CC(C)OC(C)(C)C2)ccc1CC(C)N. The van der Waals surface area contributed by atoms with Crippen molar-refractivity contribution in [3.8, 4) is 0 Å². The summed E-state index contributed by atoms with van der Waals surface area (Å²) in [6, 6.07) is 6.94. The molecule has 20 heavy (non-hydrogen) atoms. The van der Waals surface area contributed by atoms with Crippen molar-refractivity contribution in [2.75, 3.05) is 18.0 Å². The van der Waals surface area contributed by atoms with E-state index in [0.29, 0.717) is 0 Å². The van der Waals surface area contributed by atoms with Crippen LogP contribution in [0.1, 0.15) is 38.8 Å². The average Bonchev–Trinajstić information content (AvgIpc) is 2.28. The Kier molecular flexibility index (Phi) is 4.40. The van der Waals surface area contributed by atoms with E-state index < -0.39 is 0 Å². The van der Waals surface area contributed by atoms with E-state index in [9.17, 15) is 0 Å². The molecule has 1 aromatic carbocycles. The summed E-state index contributed by atoms with van der Waals surface area (Å²) in [4.78, 5) is 2.43. The van der Waals surface area contributed by atoms with Crippen molar-refractivity contribution in [2.24, 2.45) is 5.73 Å². The molecule has 2 atom stereocenters. The maximum Gasteiger partial charge on any atom is 0.0805 e. The maximum absolute atomic E-state index is 5.97. The predicted molar refractivity (Wildman–Crippen MR) is 85.4 cm³/mol. The van der Waals surface area contributed by atoms with Gasteiger partial charge >= 0.3 is 0 Å². The largest absolute Gasteiger partial charge is 0.369 e. The van der Waals surface area contributed by atoms with Crippen LogP contribution < -0.4 is 10.6 Å². The molecule has 0 amide bonds. The summed E-state index contributed by atoms with van der Waals surface area (Å²) in [6.45, 7) is 12.6. The minimum atomic E-state index is -0.0873. The second kappa shape index (κ2) is 5.74. The van der Waals surface area contributed by atoms with Gasteiger partial charge in [0, 0.05) is 24.8 Å². The second-order valence-electron chi connectivity index (χ2n) is 6.86. The molecule has 3 nitrogen and oxygen atoms in total. The summed E-state index contributed by atoms with van der Waals surface area (Å²) < 4.78 is 5.97. The second-order valence-corrected chi connectivity index (χ2v) is 6.86. The Morgan fingerprint density at radius 1 is 1.45 bits per heavy atom. The van der Waals surface area contributed by atoms with E-state index in [4.69, 9.17) is 10.5 Å². The number of anilines is 1. The van der Waals surface area contributed by atoms with Crippen LogP contribution in [0.4, 0.5) is 5.69 Å². The van der Waals surface area contributed by atoms with Gasteiger partial charge in [0.15, 0.2) is 0 Å². The van der Waals surface area contributed by atoms with Crippen LogP contribution in [0, 0.1) is 6.92 Å². The lowest BCUT2D eigenvalue weighted by Crippen LogP contribution is -2.52. The fourth-order valence-corrected chi connectivity index (χ4v) is 3.10. The van der Waals surface area contributed by atoms with Crippen molar-refractivity contribution in [1.82, 2.24) is 0 Å². The third-order valence-corrected chi connectivity index (χ3v) is 3.80. The molecule has 1 fully saturated rings. The van der Waals surface area contributed by atoms with Gasteiger partial charge in [-0.1, -0.05) is 6.07 Å². The van der Waals surface area contributed by atoms with Gasteiger partial charge in [0.05, 0.1) is 11.7 Å². The van der Waals surface area contributed by atoms with Gasteiger partial charge in [0.2, 0.25) is 0 Å². The third kappa shape index (κ3) is 3.74. The van der Waals surface area contributed by atoms with Crippen molar-refractivity contribution in [3.05, 3.63) is 29.3 Å². The fraction of sp³-hybridized carbons (Fsp3) is 0.647. The topological polar surface area (TPSA) is 38.5 Å². The Bertz CT molecular complexity index is 468. The van der Waals surface area contributed by atoms with Gasteiger partial charge in [0.25, 0.3) is 0 Å². The number of hydrogen-bond donors (Lipinski definition) is 1. The van der Waals surface area contributed by atoms with Gasteiger partial charge in [-0.3, -0.25) is 0 Å². The van der Waals surface area contributed by atoms with Crippen molar-refractivity contribution in [3.63, 3.8) is 0 Å². The summed E-state index contributed by atoms with van der Waals surface area (Å²) in [5, 5.41) is 0. The number of nitrogens with two attached hydrogens (primary N) is 1. The molecule has 3 heteroatoms. The third-order valence-electron chi connectivity index (χ3n) is 3.80. The van der Waals surface area contributed by atoms with E-state index in [1.165, 1.54) is 16.8 Å². The van der Waals surface area contributed by atoms with Gasteiger partial charge in [-0.25, -0.2) is 0 Å². The quantitative estimate of drug-likeness (QED) is 0.922. The van der Waals surface area contributed by atoms with Crippen molar-refractivity contribution < 1.29 is 4.74 Å². The molecule has 1 aromatic rings. The number of aryl methyl sites for hydroxylation is 1. The summed E-state index contributed by atoms with van der Waals surface area (Å²) in [6.07, 6.45) is 1.21. The van der Waals surface area contributed by atoms with E-state index >= 15 is 0 Å². The van der Waals surface area contributed by atoms with E-state index in [1.54, 1.807) is 0 Å². The van der Waals surface area contributed by atoms with E-state index in [-0.39, 0.29) is 17.7 Å². The molecular formula is C17H28N2O. The van der Waals surface area contributed by atoms with Crippen LogP contribution in [0.25, 0.3) is 0 Å². The first-order chi connectivity index (χ1) is 9.27. The molecule has 2 rings (SSSR count). The van der Waals surface area contributed by atoms with Crippen LogP contribution in [0.15, 0.2) is 18.2 Å². The molecular weight excluding hydrogens is 248 g/mol. The van der Waals surface area contributed by atoms with Gasteiger partial charge in [0.1, 0.15) is 0 Å². The molecule has 0 saturated carbocycles. The number of nitrogens with zero attached hydrogens (tertiary/aromatic N) is 1. The standard InChI is InChI=1S/C17H28N2O/c1-12-8-16(7-6-15(12)9-13(2)18)19-10-14(3)20-17(4,5)11-19/h6-8,13-14H,9-11,18H2,1-5H3. The first-order valence-electron chi connectivity index (χ1n) is 7.55. The number of benzene rings is 1. The van der Waals surface area contributed by atoms with Crippen LogP contribution in [-0.4, -0.2) is 30.8 Å². The van der Waals surface area contributed by atoms with Crippen molar-refractivity contribution in [2.45, 2.75) is 58.8 Å². The molecule has 1 aliphatic heterocycles. The molecule has 112 valence electrons. The average molecular weight is 276 g/mol. The lowest BCUT2D eigenvalue weighted by molar-refractivity contribution is -0.0749. The minimum Gasteiger partial charge on any atom is -0.369 e. The molecule has 1 heterocycles. The Morgan fingerprint density at radius 3 is 2.70 bits per heavy atom. The fourth-order valence-electron chi connectivity index (χ4n) is 3.10. The number of ether oxygens (including phenoxy) is 1. The number of hydrogen-bond acceptors (Lipinski definition) is 3. The van der Waals surface area contributed by atoms with E-state index in [2.05, 4.69) is 57.7 Å². The van der Waals surface area contributed by atoms with Crippen LogP contribution >= 0.6 is 0 Å². The Labute approximate surface area is 123 Å². The summed E-state index contributed by atoms with van der Waals surface area (Å²) in [7, 11) is 0. The lowest BCUT2D eigenvalue weighted by Gasteiger charge is -2.43. The highest BCUT2D eigenvalue weighted by Gasteiger charge is 2.31. The van der Waals surface area contributed by atoms with Crippen LogP contribution in [0.5, 0.6) is 0 Å². The van der Waals surface area contributed by atoms with Gasteiger partial charge in [-0.2, -0.15) is 0 Å². The van der Waals surface area contributed by atoms with Crippen LogP contribution in [-0.2, 0) is 11.2 Å². The molecule has 0 aromatic heterocycles. The molecule has 1 aliphatic rings. The lowest BCUT2D eigenvalue weighted by atomic mass is 10.00. The van der Waals surface area contributed by atoms with Crippen LogP contribution in [0.2, 0.25) is 0 Å². The number of morpholine rings is 1. The van der Waals surface area contributed by atoms with E-state index in [0.717, 1.165) is 19.5 Å². The molecule has 2 N–H and O–H groups in total.